The molecule has 1 heterocycles. The molecule has 0 saturated heterocycles. The minimum atomic E-state index is -1.01. The lowest BCUT2D eigenvalue weighted by molar-refractivity contribution is -0.114. The molecule has 3 N–H and O–H groups in total. The van der Waals surface area contributed by atoms with Crippen molar-refractivity contribution in [3.63, 3.8) is 0 Å². The SMILES string of the molecule is CC(=O)Nc1cc(-c2ccc(OCC(C)CC(C)NC(=O)O)c(C)c2)ccn1. The van der Waals surface area contributed by atoms with Gasteiger partial charge in [0.15, 0.2) is 0 Å². The van der Waals surface area contributed by atoms with E-state index < -0.39 is 6.09 Å². The summed E-state index contributed by atoms with van der Waals surface area (Å²) < 4.78 is 5.93. The molecule has 0 aliphatic rings. The number of carboxylic acid groups (broad SMARTS) is 1. The van der Waals surface area contributed by atoms with Crippen LogP contribution in [-0.2, 0) is 4.79 Å². The van der Waals surface area contributed by atoms with E-state index in [1.54, 1.807) is 6.20 Å². The molecule has 1 aromatic carbocycles. The van der Waals surface area contributed by atoms with Gasteiger partial charge in [0.1, 0.15) is 11.6 Å². The summed E-state index contributed by atoms with van der Waals surface area (Å²) in [6.07, 6.45) is 1.35. The minimum Gasteiger partial charge on any atom is -0.493 e. The lowest BCUT2D eigenvalue weighted by atomic mass is 10.0. The molecule has 2 rings (SSSR count). The van der Waals surface area contributed by atoms with Gasteiger partial charge in [0.25, 0.3) is 0 Å². The highest BCUT2D eigenvalue weighted by Crippen LogP contribution is 2.27. The first-order chi connectivity index (χ1) is 13.2. The summed E-state index contributed by atoms with van der Waals surface area (Å²) in [5.74, 6) is 1.36. The van der Waals surface area contributed by atoms with Crippen molar-refractivity contribution < 1.29 is 19.4 Å². The number of amides is 2. The zero-order valence-corrected chi connectivity index (χ0v) is 16.7. The third kappa shape index (κ3) is 6.57. The first-order valence-electron chi connectivity index (χ1n) is 9.21. The van der Waals surface area contributed by atoms with Crippen molar-refractivity contribution in [1.29, 1.82) is 0 Å². The maximum Gasteiger partial charge on any atom is 0.404 e. The summed E-state index contributed by atoms with van der Waals surface area (Å²) in [6, 6.07) is 9.52. The highest BCUT2D eigenvalue weighted by molar-refractivity contribution is 5.88. The number of aromatic nitrogens is 1. The summed E-state index contributed by atoms with van der Waals surface area (Å²) >= 11 is 0. The Hall–Kier alpha value is -3.09. The van der Waals surface area contributed by atoms with Crippen LogP contribution in [0.3, 0.4) is 0 Å². The van der Waals surface area contributed by atoms with Crippen molar-refractivity contribution in [2.24, 2.45) is 5.92 Å². The van der Waals surface area contributed by atoms with Crippen LogP contribution in [0.25, 0.3) is 11.1 Å². The average Bonchev–Trinajstić information content (AvgIpc) is 2.59. The van der Waals surface area contributed by atoms with Gasteiger partial charge >= 0.3 is 6.09 Å². The number of ether oxygens (including phenoxy) is 1. The summed E-state index contributed by atoms with van der Waals surface area (Å²) in [6.45, 7) is 7.81. The highest BCUT2D eigenvalue weighted by atomic mass is 16.5. The molecule has 0 spiro atoms. The van der Waals surface area contributed by atoms with Crippen LogP contribution in [0.2, 0.25) is 0 Å². The predicted octanol–water partition coefficient (Wildman–Crippen LogP) is 4.08. The van der Waals surface area contributed by atoms with E-state index in [1.807, 2.05) is 51.1 Å². The molecule has 0 bridgehead atoms. The molecular weight excluding hydrogens is 358 g/mol. The number of rotatable bonds is 8. The predicted molar refractivity (Wildman–Crippen MR) is 109 cm³/mol. The Kier molecular flexibility index (Phi) is 7.37. The summed E-state index contributed by atoms with van der Waals surface area (Å²) in [5.41, 5.74) is 2.96. The van der Waals surface area contributed by atoms with Gasteiger partial charge in [-0.15, -0.1) is 0 Å². The second kappa shape index (κ2) is 9.73. The monoisotopic (exact) mass is 385 g/mol. The summed E-state index contributed by atoms with van der Waals surface area (Å²) in [7, 11) is 0. The minimum absolute atomic E-state index is 0.121. The molecule has 2 unspecified atom stereocenters. The zero-order valence-electron chi connectivity index (χ0n) is 16.7. The first kappa shape index (κ1) is 21.2. The molecule has 0 fully saturated rings. The molecule has 28 heavy (non-hydrogen) atoms. The molecule has 2 atom stereocenters. The number of hydrogen-bond acceptors (Lipinski definition) is 4. The molecule has 2 aromatic rings. The molecule has 0 saturated carbocycles. The van der Waals surface area contributed by atoms with E-state index in [0.717, 1.165) is 22.4 Å². The van der Waals surface area contributed by atoms with E-state index in [9.17, 15) is 9.59 Å². The van der Waals surface area contributed by atoms with Crippen LogP contribution in [0.1, 0.15) is 32.8 Å². The summed E-state index contributed by atoms with van der Waals surface area (Å²) in [5, 5.41) is 13.9. The lowest BCUT2D eigenvalue weighted by Gasteiger charge is -2.18. The lowest BCUT2D eigenvalue weighted by Crippen LogP contribution is -2.33. The van der Waals surface area contributed by atoms with Crippen molar-refractivity contribution in [2.45, 2.75) is 40.2 Å². The first-order valence-corrected chi connectivity index (χ1v) is 9.21. The summed E-state index contributed by atoms with van der Waals surface area (Å²) in [4.78, 5) is 26.0. The number of nitrogens with one attached hydrogen (secondary N) is 2. The Bertz CT molecular complexity index is 838. The number of anilines is 1. The van der Waals surface area contributed by atoms with Crippen LogP contribution in [0.5, 0.6) is 5.75 Å². The van der Waals surface area contributed by atoms with Crippen molar-refractivity contribution in [2.75, 3.05) is 11.9 Å². The normalized spacial score (nSPS) is 12.7. The fourth-order valence-corrected chi connectivity index (χ4v) is 3.02. The fraction of sp³-hybridized carbons (Fsp3) is 0.381. The molecule has 7 heteroatoms. The largest absolute Gasteiger partial charge is 0.493 e. The van der Waals surface area contributed by atoms with Crippen molar-refractivity contribution >= 4 is 17.8 Å². The second-order valence-corrected chi connectivity index (χ2v) is 7.09. The zero-order chi connectivity index (χ0) is 20.7. The third-order valence-electron chi connectivity index (χ3n) is 4.22. The molecule has 0 aliphatic heterocycles. The number of nitrogens with zero attached hydrogens (tertiary/aromatic N) is 1. The van der Waals surface area contributed by atoms with Gasteiger partial charge in [0.2, 0.25) is 5.91 Å². The van der Waals surface area contributed by atoms with Gasteiger partial charge in [-0.25, -0.2) is 9.78 Å². The van der Waals surface area contributed by atoms with Gasteiger partial charge in [-0.2, -0.15) is 0 Å². The van der Waals surface area contributed by atoms with E-state index in [-0.39, 0.29) is 17.9 Å². The Morgan fingerprint density at radius 1 is 1.18 bits per heavy atom. The molecular formula is C21H27N3O4. The third-order valence-corrected chi connectivity index (χ3v) is 4.22. The molecule has 0 aliphatic carbocycles. The van der Waals surface area contributed by atoms with E-state index in [4.69, 9.17) is 9.84 Å². The van der Waals surface area contributed by atoms with Crippen LogP contribution >= 0.6 is 0 Å². The maximum absolute atomic E-state index is 11.2. The molecule has 2 amide bonds. The van der Waals surface area contributed by atoms with Crippen molar-refractivity contribution in [3.05, 3.63) is 42.1 Å². The molecule has 1 aromatic heterocycles. The van der Waals surface area contributed by atoms with Gasteiger partial charge in [0, 0.05) is 19.2 Å². The van der Waals surface area contributed by atoms with E-state index >= 15 is 0 Å². The van der Waals surface area contributed by atoms with E-state index in [2.05, 4.69) is 15.6 Å². The van der Waals surface area contributed by atoms with Gasteiger partial charge in [-0.3, -0.25) is 4.79 Å². The second-order valence-electron chi connectivity index (χ2n) is 7.09. The van der Waals surface area contributed by atoms with Gasteiger partial charge in [-0.05, 0) is 67.1 Å². The van der Waals surface area contributed by atoms with Crippen LogP contribution in [0.15, 0.2) is 36.5 Å². The van der Waals surface area contributed by atoms with E-state index in [0.29, 0.717) is 18.8 Å². The van der Waals surface area contributed by atoms with Gasteiger partial charge in [0.05, 0.1) is 6.61 Å². The number of carbonyl (C=O) groups is 2. The topological polar surface area (TPSA) is 101 Å². The molecule has 150 valence electrons. The van der Waals surface area contributed by atoms with Crippen LogP contribution in [0.4, 0.5) is 10.6 Å². The van der Waals surface area contributed by atoms with Crippen molar-refractivity contribution in [1.82, 2.24) is 10.3 Å². The number of aryl methyl sites for hydroxylation is 1. The quantitative estimate of drug-likeness (QED) is 0.636. The van der Waals surface area contributed by atoms with Gasteiger partial charge < -0.3 is 20.5 Å². The van der Waals surface area contributed by atoms with Crippen LogP contribution in [-0.4, -0.2) is 34.7 Å². The standard InChI is InChI=1S/C21H27N3O4/c1-13(9-15(3)23-21(26)27)12-28-19-6-5-17(10-14(19)2)18-7-8-22-20(11-18)24-16(4)25/h5-8,10-11,13,15,23H,9,12H2,1-4H3,(H,26,27)(H,22,24,25). The Labute approximate surface area is 165 Å². The average molecular weight is 385 g/mol. The van der Waals surface area contributed by atoms with Crippen LogP contribution < -0.4 is 15.4 Å². The van der Waals surface area contributed by atoms with Crippen LogP contribution in [0, 0.1) is 12.8 Å². The number of benzene rings is 1. The Morgan fingerprint density at radius 2 is 1.89 bits per heavy atom. The Balaban J connectivity index is 2.00. The Morgan fingerprint density at radius 3 is 2.54 bits per heavy atom. The van der Waals surface area contributed by atoms with Gasteiger partial charge in [-0.1, -0.05) is 13.0 Å². The number of hydrogen-bond donors (Lipinski definition) is 3. The number of carbonyl (C=O) groups excluding carboxylic acids is 1. The van der Waals surface area contributed by atoms with E-state index in [1.165, 1.54) is 6.92 Å². The maximum atomic E-state index is 11.2. The fourth-order valence-electron chi connectivity index (χ4n) is 3.02. The molecule has 7 nitrogen and oxygen atoms in total. The molecule has 0 radical (unpaired) electrons. The number of pyridine rings is 1. The van der Waals surface area contributed by atoms with Crippen molar-refractivity contribution in [3.8, 4) is 16.9 Å². The highest BCUT2D eigenvalue weighted by Gasteiger charge is 2.12. The smallest absolute Gasteiger partial charge is 0.404 e.